The molecule has 1 atom stereocenters. The first-order chi connectivity index (χ1) is 8.08. The van der Waals surface area contributed by atoms with Crippen molar-refractivity contribution in [3.05, 3.63) is 28.8 Å². The lowest BCUT2D eigenvalue weighted by Crippen LogP contribution is -2.10. The molecule has 0 fully saturated rings. The van der Waals surface area contributed by atoms with E-state index in [1.807, 2.05) is 19.9 Å². The summed E-state index contributed by atoms with van der Waals surface area (Å²) in [6.07, 6.45) is 3.06. The molecule has 0 spiro atoms. The summed E-state index contributed by atoms with van der Waals surface area (Å²) in [5.41, 5.74) is 0.815. The van der Waals surface area contributed by atoms with Gasteiger partial charge in [0.15, 0.2) is 11.5 Å². The maximum Gasteiger partial charge on any atom is 0.231 e. The van der Waals surface area contributed by atoms with Gasteiger partial charge in [0, 0.05) is 6.07 Å². The molecule has 4 heteroatoms. The van der Waals surface area contributed by atoms with E-state index in [0.29, 0.717) is 16.5 Å². The highest BCUT2D eigenvalue weighted by Crippen LogP contribution is 2.37. The fourth-order valence-corrected chi connectivity index (χ4v) is 1.70. The molecule has 0 aliphatic carbocycles. The molecule has 0 aromatic heterocycles. The molecule has 1 aliphatic heterocycles. The van der Waals surface area contributed by atoms with Gasteiger partial charge in [-0.2, -0.15) is 0 Å². The van der Waals surface area contributed by atoms with Crippen LogP contribution in [0.4, 0.5) is 0 Å². The summed E-state index contributed by atoms with van der Waals surface area (Å²) in [4.78, 5) is 0. The second kappa shape index (κ2) is 4.98. The average molecular weight is 255 g/mol. The summed E-state index contributed by atoms with van der Waals surface area (Å²) in [7, 11) is 0. The highest BCUT2D eigenvalue weighted by atomic mass is 35.5. The third-order valence-electron chi connectivity index (χ3n) is 2.65. The normalized spacial score (nSPS) is 15.8. The van der Waals surface area contributed by atoms with E-state index in [1.54, 1.807) is 18.2 Å². The fraction of sp³-hybridized carbons (Fsp3) is 0.385. The monoisotopic (exact) mass is 254 g/mol. The second-order valence-corrected chi connectivity index (χ2v) is 4.73. The number of aliphatic hydroxyl groups excluding tert-OH is 1. The molecule has 1 aromatic rings. The lowest BCUT2D eigenvalue weighted by molar-refractivity contribution is 0.173. The van der Waals surface area contributed by atoms with E-state index in [1.165, 1.54) is 0 Å². The Kier molecular flexibility index (Phi) is 3.60. The summed E-state index contributed by atoms with van der Waals surface area (Å²) in [5.74, 6) is 1.53. The zero-order valence-corrected chi connectivity index (χ0v) is 10.6. The van der Waals surface area contributed by atoms with Gasteiger partial charge in [-0.05, 0) is 17.5 Å². The molecule has 0 amide bonds. The molecule has 1 N–H and O–H groups in total. The van der Waals surface area contributed by atoms with E-state index in [-0.39, 0.29) is 12.7 Å². The van der Waals surface area contributed by atoms with Crippen molar-refractivity contribution < 1.29 is 14.6 Å². The molecule has 0 saturated heterocycles. The second-order valence-electron chi connectivity index (χ2n) is 4.32. The van der Waals surface area contributed by atoms with Crippen molar-refractivity contribution in [1.82, 2.24) is 0 Å². The van der Waals surface area contributed by atoms with Crippen LogP contribution in [0, 0.1) is 5.92 Å². The van der Waals surface area contributed by atoms with E-state index in [4.69, 9.17) is 21.1 Å². The van der Waals surface area contributed by atoms with Crippen LogP contribution in [-0.4, -0.2) is 18.0 Å². The maximum absolute atomic E-state index is 9.69. The van der Waals surface area contributed by atoms with Gasteiger partial charge in [-0.25, -0.2) is 0 Å². The zero-order chi connectivity index (χ0) is 12.4. The van der Waals surface area contributed by atoms with Crippen molar-refractivity contribution in [2.45, 2.75) is 20.0 Å². The molecule has 0 bridgehead atoms. The number of ether oxygens (including phenoxy) is 2. The number of fused-ring (bicyclic) bond motifs is 1. The van der Waals surface area contributed by atoms with Crippen molar-refractivity contribution in [3.8, 4) is 11.5 Å². The number of hydrogen-bond donors (Lipinski definition) is 1. The Hall–Kier alpha value is -1.19. The predicted molar refractivity (Wildman–Crippen MR) is 67.5 cm³/mol. The van der Waals surface area contributed by atoms with Crippen LogP contribution in [0.15, 0.2) is 18.2 Å². The molecule has 1 unspecified atom stereocenters. The Morgan fingerprint density at radius 3 is 2.59 bits per heavy atom. The van der Waals surface area contributed by atoms with Crippen LogP contribution in [-0.2, 0) is 0 Å². The number of halogens is 1. The van der Waals surface area contributed by atoms with Crippen molar-refractivity contribution in [1.29, 1.82) is 0 Å². The molecule has 92 valence electrons. The predicted octanol–water partition coefficient (Wildman–Crippen LogP) is 3.10. The lowest BCUT2D eigenvalue weighted by Gasteiger charge is -2.09. The molecule has 17 heavy (non-hydrogen) atoms. The molecule has 1 aromatic carbocycles. The van der Waals surface area contributed by atoms with Gasteiger partial charge in [0.05, 0.1) is 11.1 Å². The van der Waals surface area contributed by atoms with Crippen LogP contribution >= 0.6 is 11.6 Å². The highest BCUT2D eigenvalue weighted by Gasteiger charge is 2.15. The minimum atomic E-state index is -0.475. The van der Waals surface area contributed by atoms with E-state index in [2.05, 4.69) is 0 Å². The Balaban J connectivity index is 2.22. The summed E-state index contributed by atoms with van der Waals surface area (Å²) < 4.78 is 10.5. The van der Waals surface area contributed by atoms with Crippen LogP contribution in [0.25, 0.3) is 6.08 Å². The Morgan fingerprint density at radius 2 is 1.94 bits per heavy atom. The summed E-state index contributed by atoms with van der Waals surface area (Å²) in [5, 5.41) is 10.3. The van der Waals surface area contributed by atoms with Gasteiger partial charge in [-0.1, -0.05) is 37.6 Å². The Bertz CT molecular complexity index is 441. The molecule has 0 radical (unpaired) electrons. The van der Waals surface area contributed by atoms with Crippen molar-refractivity contribution in [3.63, 3.8) is 0 Å². The number of benzene rings is 1. The molecule has 0 saturated carbocycles. The molecule has 1 heterocycles. The lowest BCUT2D eigenvalue weighted by atomic mass is 10.1. The van der Waals surface area contributed by atoms with Crippen LogP contribution in [0.5, 0.6) is 11.5 Å². The number of rotatable bonds is 3. The van der Waals surface area contributed by atoms with E-state index >= 15 is 0 Å². The molecule has 3 nitrogen and oxygen atoms in total. The maximum atomic E-state index is 9.69. The van der Waals surface area contributed by atoms with E-state index in [0.717, 1.165) is 5.56 Å². The van der Waals surface area contributed by atoms with Gasteiger partial charge < -0.3 is 14.6 Å². The van der Waals surface area contributed by atoms with Crippen molar-refractivity contribution in [2.75, 3.05) is 6.79 Å². The van der Waals surface area contributed by atoms with E-state index in [9.17, 15) is 5.11 Å². The van der Waals surface area contributed by atoms with Crippen molar-refractivity contribution in [2.24, 2.45) is 5.92 Å². The smallest absolute Gasteiger partial charge is 0.231 e. The third-order valence-corrected chi connectivity index (χ3v) is 2.98. The summed E-state index contributed by atoms with van der Waals surface area (Å²) >= 11 is 6.10. The van der Waals surface area contributed by atoms with Crippen LogP contribution < -0.4 is 9.47 Å². The number of aliphatic hydroxyl groups is 1. The summed E-state index contributed by atoms with van der Waals surface area (Å²) in [6, 6.07) is 3.54. The fourth-order valence-electron chi connectivity index (χ4n) is 1.49. The first-order valence-electron chi connectivity index (χ1n) is 5.53. The Morgan fingerprint density at radius 1 is 1.29 bits per heavy atom. The van der Waals surface area contributed by atoms with Crippen LogP contribution in [0.2, 0.25) is 5.02 Å². The van der Waals surface area contributed by atoms with Gasteiger partial charge >= 0.3 is 0 Å². The van der Waals surface area contributed by atoms with Crippen LogP contribution in [0.1, 0.15) is 19.4 Å². The Labute approximate surface area is 106 Å². The topological polar surface area (TPSA) is 38.7 Å². The van der Waals surface area contributed by atoms with Crippen LogP contribution in [0.3, 0.4) is 0 Å². The molecular formula is C13H15ClO3. The first kappa shape index (κ1) is 12.3. The van der Waals surface area contributed by atoms with Gasteiger partial charge in [-0.3, -0.25) is 0 Å². The highest BCUT2D eigenvalue weighted by molar-refractivity contribution is 6.32. The SMILES string of the molecule is CC(C)C(O)C=Cc1cc2c(cc1Cl)OCO2. The summed E-state index contributed by atoms with van der Waals surface area (Å²) in [6.45, 7) is 4.14. The molecular weight excluding hydrogens is 240 g/mol. The van der Waals surface area contributed by atoms with Gasteiger partial charge in [0.25, 0.3) is 0 Å². The standard InChI is InChI=1S/C13H15ClO3/c1-8(2)11(15)4-3-9-5-12-13(6-10(9)14)17-7-16-12/h3-6,8,11,15H,7H2,1-2H3. The minimum absolute atomic E-state index is 0.180. The largest absolute Gasteiger partial charge is 0.454 e. The van der Waals surface area contributed by atoms with Gasteiger partial charge in [0.2, 0.25) is 6.79 Å². The zero-order valence-electron chi connectivity index (χ0n) is 9.81. The van der Waals surface area contributed by atoms with Crippen molar-refractivity contribution >= 4 is 17.7 Å². The third kappa shape index (κ3) is 2.73. The first-order valence-corrected chi connectivity index (χ1v) is 5.91. The van der Waals surface area contributed by atoms with E-state index < -0.39 is 6.10 Å². The average Bonchev–Trinajstić information content (AvgIpc) is 2.72. The number of hydrogen-bond acceptors (Lipinski definition) is 3. The van der Waals surface area contributed by atoms with Gasteiger partial charge in [0.1, 0.15) is 0 Å². The minimum Gasteiger partial charge on any atom is -0.454 e. The van der Waals surface area contributed by atoms with Gasteiger partial charge in [-0.15, -0.1) is 0 Å². The molecule has 2 rings (SSSR count). The quantitative estimate of drug-likeness (QED) is 0.901. The molecule has 1 aliphatic rings.